The third-order valence-electron chi connectivity index (χ3n) is 3.33. The fraction of sp³-hybridized carbons (Fsp3) is 0.462. The Morgan fingerprint density at radius 1 is 1.24 bits per heavy atom. The molecule has 8 nitrogen and oxygen atoms in total. The second-order valence-corrected chi connectivity index (χ2v) is 4.82. The van der Waals surface area contributed by atoms with Gasteiger partial charge in [-0.15, -0.1) is 0 Å². The van der Waals surface area contributed by atoms with Crippen molar-refractivity contribution in [2.24, 2.45) is 0 Å². The highest BCUT2D eigenvalue weighted by molar-refractivity contribution is 6.02. The van der Waals surface area contributed by atoms with Gasteiger partial charge in [-0.3, -0.25) is 24.1 Å². The lowest BCUT2D eigenvalue weighted by atomic mass is 10.3. The molecule has 0 radical (unpaired) electrons. The summed E-state index contributed by atoms with van der Waals surface area (Å²) in [5, 5.41) is 2.49. The van der Waals surface area contributed by atoms with Crippen molar-refractivity contribution in [2.75, 3.05) is 13.1 Å². The van der Waals surface area contributed by atoms with Crippen LogP contribution in [0.4, 0.5) is 0 Å². The molecule has 0 aliphatic carbocycles. The Labute approximate surface area is 120 Å². The van der Waals surface area contributed by atoms with Gasteiger partial charge in [0, 0.05) is 31.6 Å². The summed E-state index contributed by atoms with van der Waals surface area (Å²) in [5.41, 5.74) is 0.371. The van der Waals surface area contributed by atoms with E-state index >= 15 is 0 Å². The van der Waals surface area contributed by atoms with Crippen LogP contribution in [0.2, 0.25) is 0 Å². The van der Waals surface area contributed by atoms with Gasteiger partial charge in [0.1, 0.15) is 0 Å². The fourth-order valence-corrected chi connectivity index (χ4v) is 2.01. The summed E-state index contributed by atoms with van der Waals surface area (Å²) in [5.74, 6) is -1.11. The molecule has 8 heteroatoms. The normalized spacial score (nSPS) is 14.7. The van der Waals surface area contributed by atoms with Crippen LogP contribution in [0.5, 0.6) is 0 Å². The number of H-pyrrole nitrogens is 1. The lowest BCUT2D eigenvalue weighted by molar-refractivity contribution is -0.138. The first-order chi connectivity index (χ1) is 9.90. The molecule has 0 saturated carbocycles. The molecule has 1 saturated heterocycles. The Morgan fingerprint density at radius 2 is 1.86 bits per heavy atom. The highest BCUT2D eigenvalue weighted by atomic mass is 16.2. The van der Waals surface area contributed by atoms with Gasteiger partial charge in [-0.05, 0) is 13.8 Å². The number of carbonyl (C=O) groups is 3. The van der Waals surface area contributed by atoms with Crippen LogP contribution in [0, 0.1) is 13.8 Å². The molecule has 112 valence electrons. The Bertz CT molecular complexity index is 649. The first-order valence-electron chi connectivity index (χ1n) is 6.59. The summed E-state index contributed by atoms with van der Waals surface area (Å²) < 4.78 is 0. The minimum atomic E-state index is -0.626. The second kappa shape index (κ2) is 5.86. The van der Waals surface area contributed by atoms with Crippen molar-refractivity contribution in [1.29, 1.82) is 0 Å². The van der Waals surface area contributed by atoms with Gasteiger partial charge in [0.05, 0.1) is 5.69 Å². The maximum absolute atomic E-state index is 11.9. The van der Waals surface area contributed by atoms with Crippen LogP contribution < -0.4 is 10.9 Å². The zero-order chi connectivity index (χ0) is 15.6. The third kappa shape index (κ3) is 3.15. The van der Waals surface area contributed by atoms with Crippen molar-refractivity contribution in [1.82, 2.24) is 20.2 Å². The van der Waals surface area contributed by atoms with Gasteiger partial charge in [0.15, 0.2) is 5.69 Å². The van der Waals surface area contributed by atoms with Gasteiger partial charge < -0.3 is 10.3 Å². The summed E-state index contributed by atoms with van der Waals surface area (Å²) in [6.07, 6.45) is 0.427. The average molecular weight is 292 g/mol. The Hall–Kier alpha value is -2.51. The van der Waals surface area contributed by atoms with E-state index in [2.05, 4.69) is 15.3 Å². The molecule has 0 unspecified atom stereocenters. The van der Waals surface area contributed by atoms with Crippen LogP contribution in [-0.4, -0.2) is 45.7 Å². The lowest BCUT2D eigenvalue weighted by Gasteiger charge is -2.13. The van der Waals surface area contributed by atoms with E-state index in [-0.39, 0.29) is 43.4 Å². The number of hydrogen-bond acceptors (Lipinski definition) is 5. The summed E-state index contributed by atoms with van der Waals surface area (Å²) in [4.78, 5) is 53.9. The van der Waals surface area contributed by atoms with Crippen LogP contribution in [0.1, 0.15) is 34.7 Å². The fourth-order valence-electron chi connectivity index (χ4n) is 2.01. The Kier molecular flexibility index (Phi) is 4.15. The van der Waals surface area contributed by atoms with Gasteiger partial charge in [-0.1, -0.05) is 0 Å². The molecule has 1 aromatic heterocycles. The Morgan fingerprint density at radius 3 is 2.48 bits per heavy atom. The number of hydrogen-bond donors (Lipinski definition) is 2. The highest BCUT2D eigenvalue weighted by Gasteiger charge is 2.28. The molecule has 1 aliphatic heterocycles. The zero-order valence-electron chi connectivity index (χ0n) is 11.9. The number of amides is 3. The number of aromatic amines is 1. The van der Waals surface area contributed by atoms with E-state index < -0.39 is 11.5 Å². The minimum absolute atomic E-state index is 0.0877. The van der Waals surface area contributed by atoms with Crippen LogP contribution in [0.15, 0.2) is 4.79 Å². The smallest absolute Gasteiger partial charge is 0.279 e. The SMILES string of the molecule is Cc1nc(C(=O)NCCN2C(=O)CCC2=O)c(=O)[nH]c1C. The number of aryl methyl sites for hydroxylation is 2. The molecular formula is C13H16N4O4. The summed E-state index contributed by atoms with van der Waals surface area (Å²) in [6, 6.07) is 0. The second-order valence-electron chi connectivity index (χ2n) is 4.82. The van der Waals surface area contributed by atoms with Gasteiger partial charge in [-0.25, -0.2) is 4.98 Å². The first-order valence-corrected chi connectivity index (χ1v) is 6.59. The van der Waals surface area contributed by atoms with Crippen molar-refractivity contribution in [3.63, 3.8) is 0 Å². The number of carbonyl (C=O) groups excluding carboxylic acids is 3. The maximum Gasteiger partial charge on any atom is 0.279 e. The standard InChI is InChI=1S/C13H16N4O4/c1-7-8(2)16-13(21)11(15-7)12(20)14-5-6-17-9(18)3-4-10(17)19/h3-6H2,1-2H3,(H,14,20)(H,16,21). The van der Waals surface area contributed by atoms with Crippen molar-refractivity contribution >= 4 is 17.7 Å². The average Bonchev–Trinajstić information content (AvgIpc) is 2.74. The predicted octanol–water partition coefficient (Wildman–Crippen LogP) is -0.734. The number of nitrogens with zero attached hydrogens (tertiary/aromatic N) is 2. The molecule has 2 heterocycles. The van der Waals surface area contributed by atoms with Crippen molar-refractivity contribution in [3.05, 3.63) is 27.4 Å². The number of aromatic nitrogens is 2. The quantitative estimate of drug-likeness (QED) is 0.710. The van der Waals surface area contributed by atoms with Crippen molar-refractivity contribution in [3.8, 4) is 0 Å². The summed E-state index contributed by atoms with van der Waals surface area (Å²) >= 11 is 0. The molecule has 21 heavy (non-hydrogen) atoms. The largest absolute Gasteiger partial charge is 0.349 e. The number of rotatable bonds is 4. The highest BCUT2D eigenvalue weighted by Crippen LogP contribution is 2.10. The molecule has 2 rings (SSSR count). The van der Waals surface area contributed by atoms with E-state index in [9.17, 15) is 19.2 Å². The number of likely N-dealkylation sites (tertiary alicyclic amines) is 1. The predicted molar refractivity (Wildman–Crippen MR) is 72.6 cm³/mol. The monoisotopic (exact) mass is 292 g/mol. The van der Waals surface area contributed by atoms with Gasteiger partial charge in [-0.2, -0.15) is 0 Å². The summed E-state index contributed by atoms with van der Waals surface area (Å²) in [7, 11) is 0. The van der Waals surface area contributed by atoms with Gasteiger partial charge >= 0.3 is 0 Å². The molecule has 3 amide bonds. The van der Waals surface area contributed by atoms with Crippen LogP contribution >= 0.6 is 0 Å². The van der Waals surface area contributed by atoms with E-state index in [4.69, 9.17) is 0 Å². The number of nitrogens with one attached hydrogen (secondary N) is 2. The van der Waals surface area contributed by atoms with E-state index in [1.807, 2.05) is 0 Å². The van der Waals surface area contributed by atoms with E-state index in [1.54, 1.807) is 13.8 Å². The zero-order valence-corrected chi connectivity index (χ0v) is 11.9. The molecule has 1 fully saturated rings. The number of imide groups is 1. The van der Waals surface area contributed by atoms with Crippen molar-refractivity contribution < 1.29 is 14.4 Å². The van der Waals surface area contributed by atoms with E-state index in [0.29, 0.717) is 11.4 Å². The minimum Gasteiger partial charge on any atom is -0.349 e. The molecule has 1 aliphatic rings. The summed E-state index contributed by atoms with van der Waals surface area (Å²) in [6.45, 7) is 3.57. The molecule has 0 atom stereocenters. The first kappa shape index (κ1) is 14.9. The topological polar surface area (TPSA) is 112 Å². The van der Waals surface area contributed by atoms with Crippen LogP contribution in [0.25, 0.3) is 0 Å². The Balaban J connectivity index is 1.96. The maximum atomic E-state index is 11.9. The van der Waals surface area contributed by atoms with Crippen molar-refractivity contribution in [2.45, 2.75) is 26.7 Å². The molecule has 0 aromatic carbocycles. The molecular weight excluding hydrogens is 276 g/mol. The molecule has 1 aromatic rings. The molecule has 0 bridgehead atoms. The molecule has 0 spiro atoms. The lowest BCUT2D eigenvalue weighted by Crippen LogP contribution is -2.39. The molecule has 2 N–H and O–H groups in total. The van der Waals surface area contributed by atoms with Crippen LogP contribution in [-0.2, 0) is 9.59 Å². The third-order valence-corrected chi connectivity index (χ3v) is 3.33. The van der Waals surface area contributed by atoms with E-state index in [0.717, 1.165) is 4.90 Å². The van der Waals surface area contributed by atoms with Crippen LogP contribution in [0.3, 0.4) is 0 Å². The van der Waals surface area contributed by atoms with Gasteiger partial charge in [0.25, 0.3) is 11.5 Å². The van der Waals surface area contributed by atoms with E-state index in [1.165, 1.54) is 0 Å². The van der Waals surface area contributed by atoms with Gasteiger partial charge in [0.2, 0.25) is 11.8 Å².